The molecule has 5 heteroatoms. The lowest BCUT2D eigenvalue weighted by Gasteiger charge is -2.52. The van der Waals surface area contributed by atoms with Gasteiger partial charge in [0.25, 0.3) is 0 Å². The third-order valence-electron chi connectivity index (χ3n) is 9.19. The second kappa shape index (κ2) is 13.2. The molecule has 0 aromatic heterocycles. The van der Waals surface area contributed by atoms with Crippen molar-refractivity contribution in [2.45, 2.75) is 104 Å². The molecule has 0 saturated carbocycles. The van der Waals surface area contributed by atoms with Crippen LogP contribution in [0.25, 0.3) is 5.57 Å². The lowest BCUT2D eigenvalue weighted by molar-refractivity contribution is -0.106. The van der Waals surface area contributed by atoms with Gasteiger partial charge >= 0.3 is 0 Å². The highest BCUT2D eigenvalue weighted by Gasteiger charge is 2.45. The SMILES string of the molecule is CC(C)(C)C(C)(CCCC(O)C(O)CCCCOC1=CC2SC(=O)C(c3ccccc3)=CC2C=C1)C(C)(C)C. The van der Waals surface area contributed by atoms with Crippen molar-refractivity contribution in [2.75, 3.05) is 6.61 Å². The molecule has 4 nitrogen and oxygen atoms in total. The van der Waals surface area contributed by atoms with Gasteiger partial charge in [0, 0.05) is 16.7 Å². The van der Waals surface area contributed by atoms with Gasteiger partial charge in [0.1, 0.15) is 5.76 Å². The smallest absolute Gasteiger partial charge is 0.220 e. The Morgan fingerprint density at radius 3 is 2.10 bits per heavy atom. The molecule has 0 spiro atoms. The number of rotatable bonds is 12. The van der Waals surface area contributed by atoms with Crippen LogP contribution in [-0.4, -0.2) is 39.4 Å². The summed E-state index contributed by atoms with van der Waals surface area (Å²) in [6, 6.07) is 9.83. The van der Waals surface area contributed by atoms with E-state index in [0.29, 0.717) is 19.4 Å². The minimum atomic E-state index is -0.703. The lowest BCUT2D eigenvalue weighted by Crippen LogP contribution is -2.44. The molecule has 3 rings (SSSR count). The van der Waals surface area contributed by atoms with Crippen LogP contribution >= 0.6 is 11.8 Å². The van der Waals surface area contributed by atoms with Gasteiger partial charge in [0.15, 0.2) is 0 Å². The summed E-state index contributed by atoms with van der Waals surface area (Å²) in [4.78, 5) is 12.7. The average Bonchev–Trinajstić information content (AvgIpc) is 2.86. The van der Waals surface area contributed by atoms with Crippen molar-refractivity contribution in [3.05, 3.63) is 66.0 Å². The highest BCUT2D eigenvalue weighted by molar-refractivity contribution is 8.15. The van der Waals surface area contributed by atoms with E-state index in [9.17, 15) is 15.0 Å². The number of hydrogen-bond acceptors (Lipinski definition) is 5. The summed E-state index contributed by atoms with van der Waals surface area (Å²) in [5.74, 6) is 0.978. The van der Waals surface area contributed by atoms with Crippen LogP contribution in [-0.2, 0) is 9.53 Å². The maximum atomic E-state index is 12.7. The second-order valence-electron chi connectivity index (χ2n) is 13.5. The number of carbonyl (C=O) groups is 1. The highest BCUT2D eigenvalue weighted by atomic mass is 32.2. The molecule has 0 bridgehead atoms. The molecule has 216 valence electrons. The van der Waals surface area contributed by atoms with E-state index in [1.165, 1.54) is 11.8 Å². The number of fused-ring (bicyclic) bond motifs is 1. The summed E-state index contributed by atoms with van der Waals surface area (Å²) in [5.41, 5.74) is 2.20. The zero-order valence-electron chi connectivity index (χ0n) is 25.1. The van der Waals surface area contributed by atoms with E-state index in [2.05, 4.69) is 60.6 Å². The molecule has 1 aliphatic heterocycles. The van der Waals surface area contributed by atoms with Gasteiger partial charge in [-0.3, -0.25) is 4.79 Å². The number of thioether (sulfide) groups is 1. The molecule has 2 N–H and O–H groups in total. The first-order chi connectivity index (χ1) is 18.2. The monoisotopic (exact) mass is 554 g/mol. The predicted molar refractivity (Wildman–Crippen MR) is 164 cm³/mol. The molecule has 2 aliphatic rings. The van der Waals surface area contributed by atoms with E-state index in [1.807, 2.05) is 42.5 Å². The van der Waals surface area contributed by atoms with Crippen molar-refractivity contribution in [2.24, 2.45) is 22.2 Å². The summed E-state index contributed by atoms with van der Waals surface area (Å²) in [7, 11) is 0. The standard InChI is InChI=1S/C34H50O4S/c1-32(2,3)34(7,33(4,5)6)20-13-17-29(36)28(35)16-11-12-21-38-26-19-18-25-22-27(24-14-9-8-10-15-24)31(37)39-30(25)23-26/h8-10,14-15,18-19,22-23,25,28-30,35-36H,11-13,16-17,20-21H2,1-7H3. The largest absolute Gasteiger partial charge is 0.494 e. The molecule has 0 saturated heterocycles. The number of hydrogen-bond donors (Lipinski definition) is 2. The van der Waals surface area contributed by atoms with Crippen LogP contribution < -0.4 is 0 Å². The van der Waals surface area contributed by atoms with Crippen molar-refractivity contribution in [1.82, 2.24) is 0 Å². The van der Waals surface area contributed by atoms with Gasteiger partial charge in [-0.1, -0.05) is 109 Å². The van der Waals surface area contributed by atoms with E-state index in [4.69, 9.17) is 4.74 Å². The summed E-state index contributed by atoms with van der Waals surface area (Å²) < 4.78 is 5.97. The Hall–Kier alpha value is -1.82. The Morgan fingerprint density at radius 1 is 0.872 bits per heavy atom. The van der Waals surface area contributed by atoms with Gasteiger partial charge in [-0.15, -0.1) is 0 Å². The van der Waals surface area contributed by atoms with Gasteiger partial charge in [0.2, 0.25) is 5.12 Å². The van der Waals surface area contributed by atoms with Crippen LogP contribution in [0.5, 0.6) is 0 Å². The molecule has 0 amide bonds. The molecular weight excluding hydrogens is 504 g/mol. The summed E-state index contributed by atoms with van der Waals surface area (Å²) >= 11 is 1.36. The third-order valence-corrected chi connectivity index (χ3v) is 10.3. The number of carbonyl (C=O) groups excluding carboxylic acids is 1. The zero-order valence-corrected chi connectivity index (χ0v) is 25.9. The fraction of sp³-hybridized carbons (Fsp3) is 0.618. The van der Waals surface area contributed by atoms with E-state index < -0.39 is 12.2 Å². The van der Waals surface area contributed by atoms with Gasteiger partial charge in [-0.05, 0) is 66.1 Å². The minimum absolute atomic E-state index is 0.0559. The Morgan fingerprint density at radius 2 is 1.49 bits per heavy atom. The second-order valence-corrected chi connectivity index (χ2v) is 14.7. The first-order valence-corrected chi connectivity index (χ1v) is 15.5. The number of aliphatic hydroxyl groups excluding tert-OH is 2. The highest BCUT2D eigenvalue weighted by Crippen LogP contribution is 2.54. The normalized spacial score (nSPS) is 21.6. The average molecular weight is 555 g/mol. The first-order valence-electron chi connectivity index (χ1n) is 14.6. The topological polar surface area (TPSA) is 66.8 Å². The Balaban J connectivity index is 1.37. The Kier molecular flexibility index (Phi) is 10.8. The molecule has 1 aromatic rings. The molecular formula is C34H50O4S. The fourth-order valence-electron chi connectivity index (χ4n) is 5.85. The molecule has 4 unspecified atom stereocenters. The van der Waals surface area contributed by atoms with Crippen LogP contribution in [0.3, 0.4) is 0 Å². The number of allylic oxidation sites excluding steroid dienone is 3. The number of benzene rings is 1. The summed E-state index contributed by atoms with van der Waals surface area (Å²) in [6.45, 7) is 16.7. The number of aliphatic hydroxyl groups is 2. The summed E-state index contributed by atoms with van der Waals surface area (Å²) in [6.07, 6.45) is 11.6. The lowest BCUT2D eigenvalue weighted by atomic mass is 9.53. The van der Waals surface area contributed by atoms with Crippen molar-refractivity contribution in [3.8, 4) is 0 Å². The van der Waals surface area contributed by atoms with Crippen LogP contribution in [0.1, 0.15) is 92.6 Å². The third kappa shape index (κ3) is 8.11. The van der Waals surface area contributed by atoms with Crippen molar-refractivity contribution < 1.29 is 19.7 Å². The molecule has 39 heavy (non-hydrogen) atoms. The number of ether oxygens (including phenoxy) is 1. The first kappa shape index (κ1) is 31.7. The Bertz CT molecular complexity index is 1030. The van der Waals surface area contributed by atoms with Crippen LogP contribution in [0.15, 0.2) is 60.4 Å². The van der Waals surface area contributed by atoms with Gasteiger partial charge < -0.3 is 14.9 Å². The summed E-state index contributed by atoms with van der Waals surface area (Å²) in [5, 5.41) is 21.2. The van der Waals surface area contributed by atoms with Crippen LogP contribution in [0.4, 0.5) is 0 Å². The minimum Gasteiger partial charge on any atom is -0.494 e. The van der Waals surface area contributed by atoms with Gasteiger partial charge in [-0.2, -0.15) is 0 Å². The molecule has 1 heterocycles. The molecule has 0 radical (unpaired) electrons. The van der Waals surface area contributed by atoms with Crippen molar-refractivity contribution >= 4 is 22.5 Å². The number of unbranched alkanes of at least 4 members (excludes halogenated alkanes) is 1. The molecule has 1 aliphatic carbocycles. The molecule has 0 fully saturated rings. The van der Waals surface area contributed by atoms with Crippen molar-refractivity contribution in [3.63, 3.8) is 0 Å². The maximum absolute atomic E-state index is 12.7. The fourth-order valence-corrected chi connectivity index (χ4v) is 6.94. The van der Waals surface area contributed by atoms with Gasteiger partial charge in [-0.25, -0.2) is 0 Å². The van der Waals surface area contributed by atoms with E-state index in [0.717, 1.165) is 42.6 Å². The molecule has 1 aromatic carbocycles. The quantitative estimate of drug-likeness (QED) is 0.257. The maximum Gasteiger partial charge on any atom is 0.220 e. The zero-order chi connectivity index (χ0) is 28.8. The van der Waals surface area contributed by atoms with Crippen LogP contribution in [0, 0.1) is 22.2 Å². The van der Waals surface area contributed by atoms with E-state index >= 15 is 0 Å². The van der Waals surface area contributed by atoms with Crippen LogP contribution in [0.2, 0.25) is 0 Å². The van der Waals surface area contributed by atoms with Gasteiger partial charge in [0.05, 0.1) is 18.8 Å². The predicted octanol–water partition coefficient (Wildman–Crippen LogP) is 7.96. The molecule has 4 atom stereocenters. The Labute approximate surface area is 241 Å². The van der Waals surface area contributed by atoms with E-state index in [1.54, 1.807) is 0 Å². The van der Waals surface area contributed by atoms with Crippen molar-refractivity contribution in [1.29, 1.82) is 0 Å². The van der Waals surface area contributed by atoms with E-state index in [-0.39, 0.29) is 32.5 Å².